The van der Waals surface area contributed by atoms with Crippen LogP contribution in [-0.4, -0.2) is 27.0 Å². The maximum absolute atomic E-state index is 13.3. The normalized spacial score (nSPS) is 20.7. The third kappa shape index (κ3) is 2.86. The van der Waals surface area contributed by atoms with Crippen LogP contribution in [-0.2, 0) is 0 Å². The summed E-state index contributed by atoms with van der Waals surface area (Å²) in [5.74, 6) is -1.48. The van der Waals surface area contributed by atoms with Crippen LogP contribution < -0.4 is 5.32 Å². The van der Waals surface area contributed by atoms with E-state index in [1.54, 1.807) is 24.3 Å². The minimum absolute atomic E-state index is 0.147. The zero-order valence-corrected chi connectivity index (χ0v) is 12.3. The third-order valence-corrected chi connectivity index (χ3v) is 3.99. The fourth-order valence-corrected chi connectivity index (χ4v) is 2.76. The Kier molecular flexibility index (Phi) is 3.71. The number of nitrogens with one attached hydrogen (secondary N) is 1. The molecule has 0 unspecified atom stereocenters. The van der Waals surface area contributed by atoms with E-state index in [-0.39, 0.29) is 17.8 Å². The minimum atomic E-state index is -4.54. The van der Waals surface area contributed by atoms with Gasteiger partial charge in [0.2, 0.25) is 0 Å². The van der Waals surface area contributed by atoms with Crippen molar-refractivity contribution in [2.75, 3.05) is 5.32 Å². The smallest absolute Gasteiger partial charge is 0.410 e. The molecule has 0 radical (unpaired) electrons. The third-order valence-electron chi connectivity index (χ3n) is 3.74. The zero-order valence-electron chi connectivity index (χ0n) is 11.5. The SMILES string of the molecule is O=C(O)c1cnn2c1N[C@@H](c1ccc(Cl)cc1)C[C@@H]2C(F)(F)F. The van der Waals surface area contributed by atoms with E-state index in [0.717, 1.165) is 6.20 Å². The van der Waals surface area contributed by atoms with Crippen molar-refractivity contribution < 1.29 is 23.1 Å². The topological polar surface area (TPSA) is 67.1 Å². The van der Waals surface area contributed by atoms with E-state index < -0.39 is 24.2 Å². The molecule has 3 rings (SSSR count). The molecule has 5 nitrogen and oxygen atoms in total. The molecular formula is C14H11ClF3N3O2. The molecule has 0 spiro atoms. The highest BCUT2D eigenvalue weighted by atomic mass is 35.5. The monoisotopic (exact) mass is 345 g/mol. The van der Waals surface area contributed by atoms with E-state index in [9.17, 15) is 18.0 Å². The highest BCUT2D eigenvalue weighted by Gasteiger charge is 2.47. The number of carboxylic acids is 1. The van der Waals surface area contributed by atoms with Crippen LogP contribution in [0.4, 0.5) is 19.0 Å². The van der Waals surface area contributed by atoms with Crippen LogP contribution in [0, 0.1) is 0 Å². The van der Waals surface area contributed by atoms with Gasteiger partial charge in [-0.15, -0.1) is 0 Å². The number of nitrogens with zero attached hydrogens (tertiary/aromatic N) is 2. The van der Waals surface area contributed by atoms with Gasteiger partial charge in [0.1, 0.15) is 11.4 Å². The lowest BCUT2D eigenvalue weighted by Gasteiger charge is -2.33. The van der Waals surface area contributed by atoms with Crippen LogP contribution in [0.1, 0.15) is 34.4 Å². The lowest BCUT2D eigenvalue weighted by atomic mass is 9.96. The first-order valence-corrected chi connectivity index (χ1v) is 7.04. The first kappa shape index (κ1) is 15.7. The molecule has 0 fully saturated rings. The Morgan fingerprint density at radius 2 is 2.00 bits per heavy atom. The second-order valence-corrected chi connectivity index (χ2v) is 5.63. The van der Waals surface area contributed by atoms with Crippen molar-refractivity contribution in [3.05, 3.63) is 46.6 Å². The first-order chi connectivity index (χ1) is 10.8. The number of hydrogen-bond acceptors (Lipinski definition) is 3. The lowest BCUT2D eigenvalue weighted by Crippen LogP contribution is -2.36. The van der Waals surface area contributed by atoms with Crippen LogP contribution in [0.5, 0.6) is 0 Å². The summed E-state index contributed by atoms with van der Waals surface area (Å²) in [4.78, 5) is 11.2. The van der Waals surface area contributed by atoms with Crippen molar-refractivity contribution in [3.8, 4) is 0 Å². The van der Waals surface area contributed by atoms with Gasteiger partial charge in [-0.2, -0.15) is 18.3 Å². The molecule has 0 aliphatic carbocycles. The van der Waals surface area contributed by atoms with Crippen LogP contribution in [0.2, 0.25) is 5.02 Å². The van der Waals surface area contributed by atoms with E-state index in [4.69, 9.17) is 16.7 Å². The van der Waals surface area contributed by atoms with E-state index in [2.05, 4.69) is 10.4 Å². The molecule has 2 aromatic rings. The van der Waals surface area contributed by atoms with Gasteiger partial charge >= 0.3 is 12.1 Å². The molecule has 2 atom stereocenters. The summed E-state index contributed by atoms with van der Waals surface area (Å²) >= 11 is 5.79. The molecular weight excluding hydrogens is 335 g/mol. The summed E-state index contributed by atoms with van der Waals surface area (Å²) in [7, 11) is 0. The summed E-state index contributed by atoms with van der Waals surface area (Å²) in [6, 6.07) is 3.78. The average molecular weight is 346 g/mol. The quantitative estimate of drug-likeness (QED) is 0.866. The number of carboxylic acid groups (broad SMARTS) is 1. The molecule has 1 aromatic carbocycles. The average Bonchev–Trinajstić information content (AvgIpc) is 2.89. The number of fused-ring (bicyclic) bond motifs is 1. The van der Waals surface area contributed by atoms with Crippen LogP contribution in [0.3, 0.4) is 0 Å². The van der Waals surface area contributed by atoms with Gasteiger partial charge in [0.15, 0.2) is 6.04 Å². The van der Waals surface area contributed by atoms with Crippen molar-refractivity contribution in [2.24, 2.45) is 0 Å². The van der Waals surface area contributed by atoms with Crippen molar-refractivity contribution >= 4 is 23.4 Å². The number of aromatic nitrogens is 2. The lowest BCUT2D eigenvalue weighted by molar-refractivity contribution is -0.173. The van der Waals surface area contributed by atoms with Crippen LogP contribution in [0.25, 0.3) is 0 Å². The van der Waals surface area contributed by atoms with Crippen molar-refractivity contribution in [1.29, 1.82) is 0 Å². The van der Waals surface area contributed by atoms with E-state index >= 15 is 0 Å². The van der Waals surface area contributed by atoms with E-state index in [1.165, 1.54) is 0 Å². The predicted molar refractivity (Wildman–Crippen MR) is 76.7 cm³/mol. The minimum Gasteiger partial charge on any atom is -0.477 e. The molecule has 1 aliphatic rings. The van der Waals surface area contributed by atoms with Gasteiger partial charge in [0.05, 0.1) is 12.2 Å². The number of hydrogen-bond donors (Lipinski definition) is 2. The number of carbonyl (C=O) groups is 1. The fourth-order valence-electron chi connectivity index (χ4n) is 2.63. The maximum Gasteiger partial charge on any atom is 0.410 e. The number of alkyl halides is 3. The van der Waals surface area contributed by atoms with Gasteiger partial charge in [-0.3, -0.25) is 0 Å². The number of halogens is 4. The van der Waals surface area contributed by atoms with E-state index in [1.807, 2.05) is 0 Å². The molecule has 1 aliphatic heterocycles. The summed E-state index contributed by atoms with van der Waals surface area (Å²) in [6.45, 7) is 0. The van der Waals surface area contributed by atoms with Crippen LogP contribution >= 0.6 is 11.6 Å². The fraction of sp³-hybridized carbons (Fsp3) is 0.286. The number of aromatic carboxylic acids is 1. The molecule has 1 aromatic heterocycles. The molecule has 0 amide bonds. The highest BCUT2D eigenvalue weighted by Crippen LogP contribution is 2.44. The molecule has 23 heavy (non-hydrogen) atoms. The van der Waals surface area contributed by atoms with Gasteiger partial charge in [-0.1, -0.05) is 23.7 Å². The standard InChI is InChI=1S/C14H11ClF3N3O2/c15-8-3-1-7(2-4-8)10-5-11(14(16,17)18)21-12(20-10)9(6-19-21)13(22)23/h1-4,6,10-11,20H,5H2,(H,22,23)/t10-,11-/m1/s1. The Hall–Kier alpha value is -2.22. The van der Waals surface area contributed by atoms with Gasteiger partial charge in [0.25, 0.3) is 0 Å². The summed E-state index contributed by atoms with van der Waals surface area (Å²) < 4.78 is 40.7. The second kappa shape index (κ2) is 5.45. The summed E-state index contributed by atoms with van der Waals surface area (Å²) in [5.41, 5.74) is 0.297. The van der Waals surface area contributed by atoms with E-state index in [0.29, 0.717) is 15.3 Å². The first-order valence-electron chi connectivity index (χ1n) is 6.67. The summed E-state index contributed by atoms with van der Waals surface area (Å²) in [5, 5.41) is 16.0. The van der Waals surface area contributed by atoms with Gasteiger partial charge < -0.3 is 10.4 Å². The molecule has 122 valence electrons. The molecule has 2 N–H and O–H groups in total. The Bertz CT molecular complexity index is 743. The largest absolute Gasteiger partial charge is 0.477 e. The van der Waals surface area contributed by atoms with Crippen LogP contribution in [0.15, 0.2) is 30.5 Å². The number of benzene rings is 1. The Labute approximate surface area is 133 Å². The highest BCUT2D eigenvalue weighted by molar-refractivity contribution is 6.30. The summed E-state index contributed by atoms with van der Waals surface area (Å²) in [6.07, 6.45) is -3.91. The zero-order chi connectivity index (χ0) is 16.8. The predicted octanol–water partition coefficient (Wildman–Crippen LogP) is 3.90. The van der Waals surface area contributed by atoms with Crippen molar-refractivity contribution in [2.45, 2.75) is 24.7 Å². The van der Waals surface area contributed by atoms with Crippen molar-refractivity contribution in [3.63, 3.8) is 0 Å². The van der Waals surface area contributed by atoms with Gasteiger partial charge in [0, 0.05) is 11.4 Å². The molecule has 0 saturated carbocycles. The number of rotatable bonds is 2. The van der Waals surface area contributed by atoms with Crippen molar-refractivity contribution in [1.82, 2.24) is 9.78 Å². The second-order valence-electron chi connectivity index (χ2n) is 5.20. The Balaban J connectivity index is 2.05. The molecule has 0 bridgehead atoms. The number of anilines is 1. The Morgan fingerprint density at radius 3 is 2.57 bits per heavy atom. The molecule has 2 heterocycles. The molecule has 0 saturated heterocycles. The molecule has 9 heteroatoms. The maximum atomic E-state index is 13.3. The van der Waals surface area contributed by atoms with Gasteiger partial charge in [-0.05, 0) is 17.7 Å². The Morgan fingerprint density at radius 1 is 1.35 bits per heavy atom. The van der Waals surface area contributed by atoms with Gasteiger partial charge in [-0.25, -0.2) is 9.48 Å².